The summed E-state index contributed by atoms with van der Waals surface area (Å²) < 4.78 is 223. The van der Waals surface area contributed by atoms with Crippen molar-refractivity contribution in [3.8, 4) is 0 Å². The maximum atomic E-state index is 13.1. The van der Waals surface area contributed by atoms with E-state index < -0.39 is 178 Å². The molecule has 3 aliphatic rings. The molecule has 2 heterocycles. The normalized spacial score (nSPS) is 14.3. The summed E-state index contributed by atoms with van der Waals surface area (Å²) in [5, 5.41) is 0. The van der Waals surface area contributed by atoms with Crippen LogP contribution in [0, 0.1) is 0 Å². The SMILES string of the molecule is [B]Cc1c(C[B])c(C[B])c(C(=O)OC2CCCC2)c(C(=O)OCCS(=O)(=O)[O-])c1C[B].[B]Cc1c(C[B])c(C[B])c(C(=O)OCC2(C)CCO2)c(C(=O)OCCS(=O)(=O)[O-])c1C[B].[B]Cc1c(C[B])c(C[B])c(C(=O)OCC2CO2)c(C(=O)OCCS(=O)(=O)[O-])c1C[B].[B]Cc1c(C[B])c(C[B])c(C(=O)OCCS(=O)(=O)[O-])c(C(=O)OC)c1C[B].[B]Cc1c(C[B])c(C[B])c(C(=O)OCCS(=O)(=O)[O-])c(C(=O)OCC)c1C[B]. The lowest BCUT2D eigenvalue weighted by atomic mass is 9.72. The molecule has 2 atom stereocenters. The Morgan fingerprint density at radius 1 is 0.291 bits per heavy atom. The van der Waals surface area contributed by atoms with Crippen LogP contribution in [0.3, 0.4) is 0 Å². The van der Waals surface area contributed by atoms with E-state index in [0.29, 0.717) is 93.7 Å². The first-order valence-electron chi connectivity index (χ1n) is 45.3. The standard InChI is InChI=1S/C19H22B4O8S.C19H22B4O7S.C17H18B4O8S.C16H18B4O7S.C15H16B4O7S/c1-19(2-3-31-19)10-30-18(25)16-14(9-23)12(7-21)11(6-20)13(8-22)15(16)17(24)29-4-5-32(26,27)28;20-7-12-13(8-21)15(10-23)17(19(25)30-11-3-1-2-4-11)16(14(12)9-22)18(24)29-5-6-31(26,27)28;18-3-10-11(4-19)13(6-21)15(17(23)29-8-9-7-28-9)14(12(10)5-20)16(22)27-1-2-30(24,25)26;1-2-26-15(21)13-11(7-19)9(5-17)10(6-18)12(8-20)14(13)16(22)27-3-4-28(23,24)25;1-25-14(20)12-10(6-18)8(4-16)9(5-17)11(7-19)13(12)15(21)26-2-3-27(22,23)24/h2-10H2,1H3,(H,26,27,28);11H,1-10H2,(H,26,27,28);9H,1-8H2,(H,24,25,26);2-8H2,1H3,(H,23,24,25);2-7H2,1H3,(H,22,23,24)/p-5. The second kappa shape index (κ2) is 62.1. The van der Waals surface area contributed by atoms with E-state index in [1.165, 1.54) is 0 Å². The fourth-order valence-electron chi connectivity index (χ4n) is 16.1. The Labute approximate surface area is 889 Å². The minimum atomic E-state index is -4.62. The summed E-state index contributed by atoms with van der Waals surface area (Å²) in [7, 11) is 94.7. The molecule has 2 saturated heterocycles. The molecule has 1 saturated carbocycles. The third kappa shape index (κ3) is 36.7. The van der Waals surface area contributed by atoms with Crippen molar-refractivity contribution in [2.24, 2.45) is 0 Å². The van der Waals surface area contributed by atoms with E-state index in [4.69, 9.17) is 214 Å². The van der Waals surface area contributed by atoms with E-state index in [1.807, 2.05) is 0 Å². The molecule has 37 nitrogen and oxygen atoms in total. The first-order valence-corrected chi connectivity index (χ1v) is 53.2. The fourth-order valence-corrected chi connectivity index (χ4v) is 17.6. The smallest absolute Gasteiger partial charge is 0.339 e. The number of esters is 10. The fraction of sp³-hybridized carbons (Fsp3) is 0.535. The second-order valence-corrected chi connectivity index (χ2v) is 39.7. The van der Waals surface area contributed by atoms with Crippen LogP contribution in [0.15, 0.2) is 0 Å². The average Bonchev–Trinajstić information content (AvgIpc) is 0.970. The summed E-state index contributed by atoms with van der Waals surface area (Å²) in [6.45, 7) is 0.826. The number of hydrogen-bond donors (Lipinski definition) is 0. The number of benzene rings is 5. The van der Waals surface area contributed by atoms with Gasteiger partial charge in [-0.3, -0.25) is 0 Å². The van der Waals surface area contributed by atoms with E-state index in [-0.39, 0.29) is 264 Å². The van der Waals surface area contributed by atoms with Crippen molar-refractivity contribution < 1.29 is 170 Å². The molecule has 752 valence electrons. The zero-order chi connectivity index (χ0) is 112. The van der Waals surface area contributed by atoms with Crippen molar-refractivity contribution in [2.75, 3.05) is 102 Å². The highest BCUT2D eigenvalue weighted by atomic mass is 32.2. The highest BCUT2D eigenvalue weighted by molar-refractivity contribution is 7.86. The molecule has 3 fully saturated rings. The maximum Gasteiger partial charge on any atom is 0.339 e. The largest absolute Gasteiger partial charge is 0.748 e. The van der Waals surface area contributed by atoms with Gasteiger partial charge in [-0.1, -0.05) is 182 Å². The van der Waals surface area contributed by atoms with Crippen molar-refractivity contribution in [2.45, 2.75) is 190 Å². The summed E-state index contributed by atoms with van der Waals surface area (Å²) in [4.78, 5) is 128. The molecular weight excluding hydrogens is 2000 g/mol. The first-order chi connectivity index (χ1) is 69.7. The molecule has 40 radical (unpaired) electrons. The Morgan fingerprint density at radius 3 is 0.642 bits per heavy atom. The zero-order valence-corrected chi connectivity index (χ0v) is 85.7. The minimum absolute atomic E-state index is 0.000468. The monoisotopic (exact) mass is 2100 g/mol. The molecule has 2 unspecified atom stereocenters. The van der Waals surface area contributed by atoms with Crippen molar-refractivity contribution in [3.05, 3.63) is 167 Å². The molecule has 0 amide bonds. The molecule has 148 heavy (non-hydrogen) atoms. The summed E-state index contributed by atoms with van der Waals surface area (Å²) in [6, 6.07) is 0. The maximum absolute atomic E-state index is 13.1. The number of methoxy groups -OCH3 is 1. The number of epoxide rings is 1. The van der Waals surface area contributed by atoms with Gasteiger partial charge >= 0.3 is 59.7 Å². The Morgan fingerprint density at radius 2 is 0.473 bits per heavy atom. The Balaban J connectivity index is 0.000000386. The third-order valence-corrected chi connectivity index (χ3v) is 26.5. The van der Waals surface area contributed by atoms with Gasteiger partial charge in [-0.2, -0.15) is 0 Å². The topological polar surface area (TPSA) is 571 Å². The Bertz CT molecular complexity index is 6190. The molecular formula is C86H91B20O37S5-5. The first kappa shape index (κ1) is 132. The van der Waals surface area contributed by atoms with Gasteiger partial charge in [-0.05, 0) is 95.2 Å². The molecule has 62 heteroatoms. The molecule has 8 rings (SSSR count). The van der Waals surface area contributed by atoms with Gasteiger partial charge in [0.05, 0.1) is 319 Å². The third-order valence-electron chi connectivity index (χ3n) is 23.1. The molecule has 0 N–H and O–H groups in total. The van der Waals surface area contributed by atoms with Crippen LogP contribution < -0.4 is 0 Å². The Kier molecular flexibility index (Phi) is 55.3. The van der Waals surface area contributed by atoms with Crippen molar-refractivity contribution >= 4 is 267 Å². The molecule has 5 aromatic carbocycles. The molecule has 2 aliphatic heterocycles. The average molecular weight is 2090 g/mol. The highest BCUT2D eigenvalue weighted by Crippen LogP contribution is 2.39. The van der Waals surface area contributed by atoms with Crippen molar-refractivity contribution in [1.82, 2.24) is 0 Å². The van der Waals surface area contributed by atoms with Gasteiger partial charge in [0.15, 0.2) is 0 Å². The summed E-state index contributed by atoms with van der Waals surface area (Å²) in [5.74, 6) is -14.0. The van der Waals surface area contributed by atoms with E-state index in [2.05, 4.69) is 0 Å². The van der Waals surface area contributed by atoms with Crippen LogP contribution in [0.4, 0.5) is 0 Å². The molecule has 5 aromatic rings. The van der Waals surface area contributed by atoms with Crippen LogP contribution >= 0.6 is 0 Å². The predicted octanol–water partition coefficient (Wildman–Crippen LogP) is -3.73. The van der Waals surface area contributed by atoms with Gasteiger partial charge in [0.25, 0.3) is 0 Å². The van der Waals surface area contributed by atoms with Gasteiger partial charge in [-0.15, -0.1) is 0 Å². The number of carbonyl (C=O) groups excluding carboxylic acids is 10. The molecule has 0 spiro atoms. The van der Waals surface area contributed by atoms with Crippen LogP contribution in [0.1, 0.15) is 261 Å². The van der Waals surface area contributed by atoms with E-state index in [1.54, 1.807) is 13.8 Å². The summed E-state index contributed by atoms with van der Waals surface area (Å²) in [5.41, 5.74) is 4.48. The highest BCUT2D eigenvalue weighted by Gasteiger charge is 2.40. The lowest BCUT2D eigenvalue weighted by Gasteiger charge is -2.37. The van der Waals surface area contributed by atoms with Crippen LogP contribution in [-0.4, -0.2) is 401 Å². The van der Waals surface area contributed by atoms with E-state index in [0.717, 1.165) is 20.0 Å². The lowest BCUT2D eigenvalue weighted by molar-refractivity contribution is -0.158. The summed E-state index contributed by atoms with van der Waals surface area (Å²) >= 11 is 0. The van der Waals surface area contributed by atoms with Gasteiger partial charge in [0.1, 0.15) is 64.1 Å². The van der Waals surface area contributed by atoms with Crippen LogP contribution in [0.2, 0.25) is 0 Å². The number of carbonyl (C=O) groups is 10. The Hall–Kier alpha value is -8.43. The lowest BCUT2D eigenvalue weighted by Crippen LogP contribution is -2.45. The predicted molar refractivity (Wildman–Crippen MR) is 550 cm³/mol. The van der Waals surface area contributed by atoms with Gasteiger partial charge in [-0.25, -0.2) is 90.0 Å². The van der Waals surface area contributed by atoms with E-state index in [9.17, 15) is 113 Å². The number of rotatable bonds is 51. The number of ether oxygens (including phenoxy) is 12. The van der Waals surface area contributed by atoms with Crippen molar-refractivity contribution in [3.63, 3.8) is 0 Å². The van der Waals surface area contributed by atoms with Crippen LogP contribution in [-0.2, 0) is 234 Å². The number of hydrogen-bond acceptors (Lipinski definition) is 37. The van der Waals surface area contributed by atoms with Crippen molar-refractivity contribution in [1.29, 1.82) is 0 Å². The summed E-state index contributed by atoms with van der Waals surface area (Å²) in [6.07, 6.45) is 1.48. The quantitative estimate of drug-likeness (QED) is 0.0119. The van der Waals surface area contributed by atoms with Gasteiger partial charge in [0, 0.05) is 6.42 Å². The second-order valence-electron chi connectivity index (χ2n) is 32.1. The van der Waals surface area contributed by atoms with Crippen LogP contribution in [0.25, 0.3) is 0 Å². The van der Waals surface area contributed by atoms with Crippen LogP contribution in [0.5, 0.6) is 0 Å². The zero-order valence-electron chi connectivity index (χ0n) is 81.6. The molecule has 0 aromatic heterocycles. The van der Waals surface area contributed by atoms with Gasteiger partial charge in [0.2, 0.25) is 0 Å². The van der Waals surface area contributed by atoms with Gasteiger partial charge < -0.3 is 79.6 Å². The van der Waals surface area contributed by atoms with E-state index >= 15 is 0 Å². The minimum Gasteiger partial charge on any atom is -0.748 e. The molecule has 1 aliphatic carbocycles. The molecule has 0 bridgehead atoms.